The van der Waals surface area contributed by atoms with Gasteiger partial charge in [0.2, 0.25) is 0 Å². The van der Waals surface area contributed by atoms with Gasteiger partial charge in [0, 0.05) is 17.1 Å². The van der Waals surface area contributed by atoms with Crippen LogP contribution in [0.4, 0.5) is 5.82 Å². The fourth-order valence-corrected chi connectivity index (χ4v) is 4.08. The normalized spacial score (nSPS) is 13.8. The first kappa shape index (κ1) is 20.4. The Labute approximate surface area is 189 Å². The van der Waals surface area contributed by atoms with Crippen molar-refractivity contribution >= 4 is 34.3 Å². The molecule has 1 aliphatic heterocycles. The molecule has 0 spiro atoms. The van der Waals surface area contributed by atoms with Crippen LogP contribution in [0, 0.1) is 0 Å². The number of carbonyl (C=O) groups is 3. The minimum Gasteiger partial charge on any atom is -0.383 e. The van der Waals surface area contributed by atoms with Crippen molar-refractivity contribution in [1.82, 2.24) is 15.2 Å². The van der Waals surface area contributed by atoms with Crippen molar-refractivity contribution in [2.45, 2.75) is 6.04 Å². The first-order chi connectivity index (χ1) is 16.0. The van der Waals surface area contributed by atoms with Crippen LogP contribution in [0.25, 0.3) is 10.8 Å². The molecule has 0 radical (unpaired) electrons. The van der Waals surface area contributed by atoms with Gasteiger partial charge in [0.25, 0.3) is 17.7 Å². The molecule has 0 aliphatic carbocycles. The molecule has 2 heterocycles. The zero-order chi connectivity index (χ0) is 22.9. The third-order valence-electron chi connectivity index (χ3n) is 5.81. The molecule has 7 heteroatoms. The van der Waals surface area contributed by atoms with Gasteiger partial charge in [-0.15, -0.1) is 0 Å². The van der Waals surface area contributed by atoms with Gasteiger partial charge in [-0.1, -0.05) is 48.5 Å². The van der Waals surface area contributed by atoms with E-state index in [4.69, 9.17) is 5.73 Å². The van der Waals surface area contributed by atoms with Crippen LogP contribution in [0.15, 0.2) is 85.1 Å². The van der Waals surface area contributed by atoms with Crippen LogP contribution >= 0.6 is 0 Å². The second kappa shape index (κ2) is 8.20. The summed E-state index contributed by atoms with van der Waals surface area (Å²) in [5, 5.41) is 4.54. The number of fused-ring (bicyclic) bond motifs is 2. The number of hydrogen-bond donors (Lipinski definition) is 2. The van der Waals surface area contributed by atoms with E-state index in [0.717, 1.165) is 10.9 Å². The molecule has 1 aliphatic rings. The van der Waals surface area contributed by atoms with Gasteiger partial charge in [-0.3, -0.25) is 19.3 Å². The third kappa shape index (κ3) is 3.70. The van der Waals surface area contributed by atoms with Crippen LogP contribution in [0.1, 0.15) is 42.7 Å². The van der Waals surface area contributed by atoms with Gasteiger partial charge in [-0.2, -0.15) is 0 Å². The predicted octanol–water partition coefficient (Wildman–Crippen LogP) is 3.58. The van der Waals surface area contributed by atoms with E-state index in [2.05, 4.69) is 10.3 Å². The summed E-state index contributed by atoms with van der Waals surface area (Å²) in [7, 11) is 0. The Morgan fingerprint density at radius 3 is 2.27 bits per heavy atom. The van der Waals surface area contributed by atoms with Crippen LogP contribution in [-0.4, -0.2) is 34.2 Å². The molecule has 5 rings (SSSR count). The van der Waals surface area contributed by atoms with Gasteiger partial charge in [-0.25, -0.2) is 4.98 Å². The maximum Gasteiger partial charge on any atom is 0.261 e. The van der Waals surface area contributed by atoms with Gasteiger partial charge < -0.3 is 11.1 Å². The summed E-state index contributed by atoms with van der Waals surface area (Å²) in [4.78, 5) is 44.2. The van der Waals surface area contributed by atoms with Crippen molar-refractivity contribution < 1.29 is 14.4 Å². The SMILES string of the molecule is Nc1nccc2ccc(C(=O)NC(CN3C(=O)c4ccccc4C3=O)c3ccccc3)cc12. The predicted molar refractivity (Wildman–Crippen MR) is 125 cm³/mol. The lowest BCUT2D eigenvalue weighted by Gasteiger charge is -2.24. The number of pyridine rings is 1. The minimum absolute atomic E-state index is 0.0133. The number of aromatic nitrogens is 1. The van der Waals surface area contributed by atoms with Crippen molar-refractivity contribution in [2.75, 3.05) is 12.3 Å². The van der Waals surface area contributed by atoms with Gasteiger partial charge >= 0.3 is 0 Å². The summed E-state index contributed by atoms with van der Waals surface area (Å²) in [6, 6.07) is 22.4. The Morgan fingerprint density at radius 1 is 0.909 bits per heavy atom. The molecular formula is C26H20N4O3. The Hall–Kier alpha value is -4.52. The minimum atomic E-state index is -0.595. The van der Waals surface area contributed by atoms with E-state index < -0.39 is 6.04 Å². The van der Waals surface area contributed by atoms with Crippen molar-refractivity contribution in [3.8, 4) is 0 Å². The molecule has 1 aromatic heterocycles. The van der Waals surface area contributed by atoms with Crippen molar-refractivity contribution in [1.29, 1.82) is 0 Å². The standard InChI is InChI=1S/C26H20N4O3/c27-23-21-14-18(11-10-16(21)12-13-28-23)24(31)29-22(17-6-2-1-3-7-17)15-30-25(32)19-8-4-5-9-20(19)26(30)33/h1-14,22H,15H2,(H2,27,28)(H,29,31). The molecule has 0 bridgehead atoms. The van der Waals surface area contributed by atoms with E-state index in [1.54, 1.807) is 42.6 Å². The van der Waals surface area contributed by atoms with Gasteiger partial charge in [0.1, 0.15) is 5.82 Å². The number of rotatable bonds is 5. The van der Waals surface area contributed by atoms with E-state index in [9.17, 15) is 14.4 Å². The first-order valence-electron chi connectivity index (χ1n) is 10.5. The molecule has 1 unspecified atom stereocenters. The van der Waals surface area contributed by atoms with Crippen LogP contribution in [0.3, 0.4) is 0 Å². The van der Waals surface area contributed by atoms with E-state index in [-0.39, 0.29) is 24.3 Å². The Balaban J connectivity index is 1.45. The molecule has 4 aromatic rings. The van der Waals surface area contributed by atoms with E-state index >= 15 is 0 Å². The lowest BCUT2D eigenvalue weighted by atomic mass is 10.0. The summed E-state index contributed by atoms with van der Waals surface area (Å²) in [6.07, 6.45) is 1.62. The monoisotopic (exact) mass is 436 g/mol. The smallest absolute Gasteiger partial charge is 0.261 e. The highest BCUT2D eigenvalue weighted by Crippen LogP contribution is 2.26. The van der Waals surface area contributed by atoms with Gasteiger partial charge in [0.05, 0.1) is 23.7 Å². The third-order valence-corrected chi connectivity index (χ3v) is 5.81. The second-order valence-electron chi connectivity index (χ2n) is 7.84. The summed E-state index contributed by atoms with van der Waals surface area (Å²) in [6.45, 7) is 0.0133. The highest BCUT2D eigenvalue weighted by atomic mass is 16.2. The van der Waals surface area contributed by atoms with Crippen LogP contribution < -0.4 is 11.1 Å². The Bertz CT molecular complexity index is 1370. The van der Waals surface area contributed by atoms with E-state index in [1.807, 2.05) is 42.5 Å². The number of nitrogens with two attached hydrogens (primary N) is 1. The largest absolute Gasteiger partial charge is 0.383 e. The lowest BCUT2D eigenvalue weighted by Crippen LogP contribution is -2.40. The molecule has 3 N–H and O–H groups in total. The fraction of sp³-hybridized carbons (Fsp3) is 0.0769. The zero-order valence-electron chi connectivity index (χ0n) is 17.6. The molecule has 0 fully saturated rings. The number of benzene rings is 3. The molecule has 7 nitrogen and oxygen atoms in total. The Kier molecular flexibility index (Phi) is 5.06. The van der Waals surface area contributed by atoms with Crippen LogP contribution in [-0.2, 0) is 0 Å². The number of amides is 3. The fourth-order valence-electron chi connectivity index (χ4n) is 4.08. The highest BCUT2D eigenvalue weighted by molar-refractivity contribution is 6.21. The molecule has 162 valence electrons. The number of anilines is 1. The average Bonchev–Trinajstić information content (AvgIpc) is 3.09. The van der Waals surface area contributed by atoms with Gasteiger partial charge in [-0.05, 0) is 41.3 Å². The Morgan fingerprint density at radius 2 is 1.58 bits per heavy atom. The number of imide groups is 1. The van der Waals surface area contributed by atoms with Crippen LogP contribution in [0.2, 0.25) is 0 Å². The zero-order valence-corrected chi connectivity index (χ0v) is 17.6. The molecular weight excluding hydrogens is 416 g/mol. The second-order valence-corrected chi connectivity index (χ2v) is 7.84. The summed E-state index contributed by atoms with van der Waals surface area (Å²) in [5.74, 6) is -0.732. The first-order valence-corrected chi connectivity index (χ1v) is 10.5. The number of hydrogen-bond acceptors (Lipinski definition) is 5. The summed E-state index contributed by atoms with van der Waals surface area (Å²) >= 11 is 0. The van der Waals surface area contributed by atoms with Crippen molar-refractivity contribution in [3.63, 3.8) is 0 Å². The van der Waals surface area contributed by atoms with Gasteiger partial charge in [0.15, 0.2) is 0 Å². The van der Waals surface area contributed by atoms with E-state index in [1.165, 1.54) is 4.90 Å². The maximum atomic E-state index is 13.2. The van der Waals surface area contributed by atoms with Crippen molar-refractivity contribution in [2.24, 2.45) is 0 Å². The molecule has 1 atom stereocenters. The topological polar surface area (TPSA) is 105 Å². The van der Waals surface area contributed by atoms with Crippen LogP contribution in [0.5, 0.6) is 0 Å². The lowest BCUT2D eigenvalue weighted by molar-refractivity contribution is 0.0629. The highest BCUT2D eigenvalue weighted by Gasteiger charge is 2.37. The summed E-state index contributed by atoms with van der Waals surface area (Å²) in [5.41, 5.74) is 7.91. The van der Waals surface area contributed by atoms with E-state index in [0.29, 0.717) is 27.9 Å². The maximum absolute atomic E-state index is 13.2. The molecule has 33 heavy (non-hydrogen) atoms. The number of nitrogen functional groups attached to an aromatic ring is 1. The average molecular weight is 436 g/mol. The number of nitrogens with one attached hydrogen (secondary N) is 1. The molecule has 0 saturated carbocycles. The molecule has 3 aromatic carbocycles. The molecule has 3 amide bonds. The number of carbonyl (C=O) groups excluding carboxylic acids is 3. The van der Waals surface area contributed by atoms with Crippen molar-refractivity contribution in [3.05, 3.63) is 107 Å². The summed E-state index contributed by atoms with van der Waals surface area (Å²) < 4.78 is 0. The molecule has 0 saturated heterocycles. The number of nitrogens with zero attached hydrogens (tertiary/aromatic N) is 2. The quantitative estimate of drug-likeness (QED) is 0.465.